The van der Waals surface area contributed by atoms with Gasteiger partial charge >= 0.3 is 0 Å². The van der Waals surface area contributed by atoms with Crippen molar-refractivity contribution in [2.24, 2.45) is 0 Å². The summed E-state index contributed by atoms with van der Waals surface area (Å²) in [6.45, 7) is 2.33. The molecule has 7 heteroatoms. The minimum atomic E-state index is -0.266. The molecule has 1 N–H and O–H groups in total. The van der Waals surface area contributed by atoms with Crippen LogP contribution in [0.1, 0.15) is 29.8 Å². The number of likely N-dealkylation sites (tertiary alicyclic amines) is 1. The zero-order valence-electron chi connectivity index (χ0n) is 13.9. The summed E-state index contributed by atoms with van der Waals surface area (Å²) in [5.41, 5.74) is 0.871. The number of aliphatic hydroxyl groups excluding tert-OH is 1. The number of para-hydroxylation sites is 1. The lowest BCUT2D eigenvalue weighted by Crippen LogP contribution is -2.38. The zero-order chi connectivity index (χ0) is 17.1. The molecule has 3 rings (SSSR count). The lowest BCUT2D eigenvalue weighted by Gasteiger charge is -2.20. The molecule has 0 saturated carbocycles. The van der Waals surface area contributed by atoms with Crippen molar-refractivity contribution < 1.29 is 14.6 Å². The molecule has 0 unspecified atom stereocenters. The van der Waals surface area contributed by atoms with Crippen molar-refractivity contribution in [3.8, 4) is 5.69 Å². The predicted octanol–water partition coefficient (Wildman–Crippen LogP) is 1.05. The molecule has 24 heavy (non-hydrogen) atoms. The summed E-state index contributed by atoms with van der Waals surface area (Å²) in [5.74, 6) is 0.622. The van der Waals surface area contributed by atoms with Crippen molar-refractivity contribution in [3.05, 3.63) is 42.0 Å². The van der Waals surface area contributed by atoms with Gasteiger partial charge in [0.25, 0.3) is 5.91 Å². The van der Waals surface area contributed by atoms with Gasteiger partial charge in [-0.2, -0.15) is 0 Å². The van der Waals surface area contributed by atoms with Gasteiger partial charge < -0.3 is 14.7 Å². The van der Waals surface area contributed by atoms with Gasteiger partial charge in [0.05, 0.1) is 24.4 Å². The molecule has 0 radical (unpaired) electrons. The smallest absolute Gasteiger partial charge is 0.293 e. The van der Waals surface area contributed by atoms with Crippen LogP contribution in [0, 0.1) is 0 Å². The van der Waals surface area contributed by atoms with E-state index in [2.05, 4.69) is 10.1 Å². The maximum absolute atomic E-state index is 12.8. The van der Waals surface area contributed by atoms with Gasteiger partial charge in [-0.25, -0.2) is 9.67 Å². The maximum atomic E-state index is 12.8. The van der Waals surface area contributed by atoms with E-state index in [1.54, 1.807) is 16.7 Å². The predicted molar refractivity (Wildman–Crippen MR) is 88.1 cm³/mol. The fourth-order valence-electron chi connectivity index (χ4n) is 3.03. The van der Waals surface area contributed by atoms with E-state index >= 15 is 0 Å². The highest BCUT2D eigenvalue weighted by molar-refractivity contribution is 5.91. The number of carbonyl (C=O) groups is 1. The minimum absolute atomic E-state index is 0.0621. The highest BCUT2D eigenvalue weighted by atomic mass is 16.5. The van der Waals surface area contributed by atoms with Crippen LogP contribution in [0.3, 0.4) is 0 Å². The van der Waals surface area contributed by atoms with Crippen molar-refractivity contribution in [1.29, 1.82) is 0 Å². The first-order valence-corrected chi connectivity index (χ1v) is 8.13. The topological polar surface area (TPSA) is 80.5 Å². The van der Waals surface area contributed by atoms with Gasteiger partial charge in [0, 0.05) is 20.1 Å². The Morgan fingerprint density at radius 3 is 2.75 bits per heavy atom. The van der Waals surface area contributed by atoms with Crippen LogP contribution in [0.15, 0.2) is 30.3 Å². The molecule has 1 fully saturated rings. The second kappa shape index (κ2) is 7.11. The first kappa shape index (κ1) is 16.6. The van der Waals surface area contributed by atoms with E-state index in [0.717, 1.165) is 11.5 Å². The van der Waals surface area contributed by atoms with E-state index in [1.807, 2.05) is 37.3 Å². The monoisotopic (exact) mass is 330 g/mol. The zero-order valence-corrected chi connectivity index (χ0v) is 13.9. The largest absolute Gasteiger partial charge is 0.394 e. The molecule has 1 saturated heterocycles. The van der Waals surface area contributed by atoms with E-state index in [9.17, 15) is 9.90 Å². The van der Waals surface area contributed by atoms with Crippen LogP contribution >= 0.6 is 0 Å². The molecule has 1 aromatic heterocycles. The van der Waals surface area contributed by atoms with Gasteiger partial charge in [-0.3, -0.25) is 4.79 Å². The van der Waals surface area contributed by atoms with Crippen LogP contribution in [0.5, 0.6) is 0 Å². The number of hydrogen-bond donors (Lipinski definition) is 1. The van der Waals surface area contributed by atoms with Crippen LogP contribution in [-0.4, -0.2) is 63.1 Å². The summed E-state index contributed by atoms with van der Waals surface area (Å²) < 4.78 is 7.03. The number of rotatable bonds is 5. The lowest BCUT2D eigenvalue weighted by atomic mass is 10.2. The molecule has 128 valence electrons. The van der Waals surface area contributed by atoms with Gasteiger partial charge in [0.1, 0.15) is 5.82 Å². The van der Waals surface area contributed by atoms with Gasteiger partial charge in [-0.15, -0.1) is 5.10 Å². The number of benzene rings is 1. The van der Waals surface area contributed by atoms with Gasteiger partial charge in [-0.1, -0.05) is 25.1 Å². The third-order valence-electron chi connectivity index (χ3n) is 4.36. The summed E-state index contributed by atoms with van der Waals surface area (Å²) >= 11 is 0. The minimum Gasteiger partial charge on any atom is -0.394 e. The van der Waals surface area contributed by atoms with Gasteiger partial charge in [0.15, 0.2) is 0 Å². The SMILES string of the molecule is CCc1nc(C(=O)N2C[C@H](OC)C[C@H]2CO)nn1-c1ccccc1. The fourth-order valence-corrected chi connectivity index (χ4v) is 3.03. The highest BCUT2D eigenvalue weighted by Gasteiger charge is 2.37. The molecule has 2 heterocycles. The summed E-state index contributed by atoms with van der Waals surface area (Å²) in [6.07, 6.45) is 1.23. The molecule has 1 aliphatic heterocycles. The molecule has 2 atom stereocenters. The summed E-state index contributed by atoms with van der Waals surface area (Å²) in [4.78, 5) is 18.8. The van der Waals surface area contributed by atoms with E-state index in [1.165, 1.54) is 0 Å². The average Bonchev–Trinajstić information content (AvgIpc) is 3.25. The highest BCUT2D eigenvalue weighted by Crippen LogP contribution is 2.22. The number of aryl methyl sites for hydroxylation is 1. The Kier molecular flexibility index (Phi) is 4.92. The lowest BCUT2D eigenvalue weighted by molar-refractivity contribution is 0.0636. The molecule has 0 bridgehead atoms. The van der Waals surface area contributed by atoms with Crippen molar-refractivity contribution in [2.45, 2.75) is 31.9 Å². The summed E-state index contributed by atoms with van der Waals surface area (Å²) in [6, 6.07) is 9.37. The maximum Gasteiger partial charge on any atom is 0.293 e. The van der Waals surface area contributed by atoms with E-state index in [-0.39, 0.29) is 30.5 Å². The van der Waals surface area contributed by atoms with E-state index in [4.69, 9.17) is 4.74 Å². The van der Waals surface area contributed by atoms with E-state index < -0.39 is 0 Å². The third kappa shape index (κ3) is 3.05. The molecule has 1 aliphatic rings. The molecule has 0 aliphatic carbocycles. The first-order valence-electron chi connectivity index (χ1n) is 8.13. The molecule has 7 nitrogen and oxygen atoms in total. The van der Waals surface area contributed by atoms with Crippen LogP contribution < -0.4 is 0 Å². The Bertz CT molecular complexity index is 701. The number of aromatic nitrogens is 3. The number of hydrogen-bond acceptors (Lipinski definition) is 5. The van der Waals surface area contributed by atoms with Crippen LogP contribution in [0.25, 0.3) is 5.69 Å². The van der Waals surface area contributed by atoms with Gasteiger partial charge in [0.2, 0.25) is 5.82 Å². The second-order valence-corrected chi connectivity index (χ2v) is 5.84. The number of aliphatic hydroxyl groups is 1. The van der Waals surface area contributed by atoms with E-state index in [0.29, 0.717) is 19.4 Å². The Hall–Kier alpha value is -2.25. The Morgan fingerprint density at radius 2 is 2.12 bits per heavy atom. The number of methoxy groups -OCH3 is 1. The Balaban J connectivity index is 1.90. The number of amides is 1. The van der Waals surface area contributed by atoms with Crippen molar-refractivity contribution in [3.63, 3.8) is 0 Å². The summed E-state index contributed by atoms with van der Waals surface area (Å²) in [5, 5.41) is 13.9. The average molecular weight is 330 g/mol. The van der Waals surface area contributed by atoms with Crippen LogP contribution in [-0.2, 0) is 11.2 Å². The first-order chi connectivity index (χ1) is 11.7. The third-order valence-corrected chi connectivity index (χ3v) is 4.36. The van der Waals surface area contributed by atoms with Crippen molar-refractivity contribution in [1.82, 2.24) is 19.7 Å². The molecular formula is C17H22N4O3. The molecule has 1 aromatic carbocycles. The van der Waals surface area contributed by atoms with Crippen molar-refractivity contribution in [2.75, 3.05) is 20.3 Å². The normalized spacial score (nSPS) is 20.5. The number of nitrogens with zero attached hydrogens (tertiary/aromatic N) is 4. The van der Waals surface area contributed by atoms with Gasteiger partial charge in [-0.05, 0) is 18.6 Å². The van der Waals surface area contributed by atoms with Crippen LogP contribution in [0.4, 0.5) is 0 Å². The molecule has 1 amide bonds. The molecular weight excluding hydrogens is 308 g/mol. The number of ether oxygens (including phenoxy) is 1. The number of carbonyl (C=O) groups excluding carboxylic acids is 1. The van der Waals surface area contributed by atoms with Crippen LogP contribution in [0.2, 0.25) is 0 Å². The standard InChI is InChI=1S/C17H22N4O3/c1-3-15-18-16(19-21(15)12-7-5-4-6-8-12)17(23)20-10-14(24-2)9-13(20)11-22/h4-8,13-14,22H,3,9-11H2,1-2H3/t13-,14+/m0/s1. The van der Waals surface area contributed by atoms with Crippen molar-refractivity contribution >= 4 is 5.91 Å². The second-order valence-electron chi connectivity index (χ2n) is 5.84. The fraction of sp³-hybridized carbons (Fsp3) is 0.471. The summed E-state index contributed by atoms with van der Waals surface area (Å²) in [7, 11) is 1.62. The Morgan fingerprint density at radius 1 is 1.38 bits per heavy atom. The molecule has 2 aromatic rings. The molecule has 0 spiro atoms. The Labute approximate surface area is 140 Å². The quantitative estimate of drug-likeness (QED) is 0.886.